The Bertz CT molecular complexity index is 184. The third-order valence-corrected chi connectivity index (χ3v) is 1.28. The maximum atomic E-state index is 11.1. The van der Waals surface area contributed by atoms with Crippen LogP contribution in [-0.4, -0.2) is 23.9 Å². The van der Waals surface area contributed by atoms with Gasteiger partial charge >= 0.3 is 5.97 Å². The number of rotatable bonds is 4. The van der Waals surface area contributed by atoms with Gasteiger partial charge in [0.1, 0.15) is 11.9 Å². The summed E-state index contributed by atoms with van der Waals surface area (Å²) in [7, 11) is 0. The van der Waals surface area contributed by atoms with Gasteiger partial charge in [0.15, 0.2) is 0 Å². The third-order valence-electron chi connectivity index (χ3n) is 1.28. The second kappa shape index (κ2) is 4.97. The van der Waals surface area contributed by atoms with Crippen LogP contribution in [0.2, 0.25) is 0 Å². The summed E-state index contributed by atoms with van der Waals surface area (Å²) in [6, 6.07) is -0.562. The minimum absolute atomic E-state index is 0.192. The molecule has 0 radical (unpaired) electrons. The predicted octanol–water partition coefficient (Wildman–Crippen LogP) is 0.634. The Morgan fingerprint density at radius 3 is 2.46 bits per heavy atom. The molecule has 2 N–H and O–H groups in total. The van der Waals surface area contributed by atoms with Gasteiger partial charge in [0, 0.05) is 6.42 Å². The van der Waals surface area contributed by atoms with E-state index in [1.54, 1.807) is 20.8 Å². The first-order valence-corrected chi connectivity index (χ1v) is 4.28. The van der Waals surface area contributed by atoms with Crippen LogP contribution in [0.1, 0.15) is 33.6 Å². The van der Waals surface area contributed by atoms with Crippen molar-refractivity contribution < 1.29 is 14.3 Å². The SMILES string of the molecule is CC(C)(C)OC(=O)CC[C@H](N)C=O. The number of carbonyl (C=O) groups excluding carboxylic acids is 2. The number of ether oxygens (including phenoxy) is 1. The molecule has 0 spiro atoms. The lowest BCUT2D eigenvalue weighted by Gasteiger charge is -2.19. The molecular formula is C9H17NO3. The van der Waals surface area contributed by atoms with E-state index in [1.807, 2.05) is 0 Å². The molecule has 0 saturated heterocycles. The van der Waals surface area contributed by atoms with Crippen molar-refractivity contribution in [3.05, 3.63) is 0 Å². The molecular weight excluding hydrogens is 170 g/mol. The molecule has 0 aromatic carbocycles. The summed E-state index contributed by atoms with van der Waals surface area (Å²) >= 11 is 0. The Balaban J connectivity index is 3.70. The van der Waals surface area contributed by atoms with E-state index < -0.39 is 11.6 Å². The normalized spacial score (nSPS) is 13.5. The fourth-order valence-electron chi connectivity index (χ4n) is 0.745. The number of hydrogen-bond donors (Lipinski definition) is 1. The Kier molecular flexibility index (Phi) is 4.62. The topological polar surface area (TPSA) is 69.4 Å². The zero-order chi connectivity index (χ0) is 10.5. The van der Waals surface area contributed by atoms with Crippen LogP contribution in [0.3, 0.4) is 0 Å². The van der Waals surface area contributed by atoms with Gasteiger partial charge in [0.25, 0.3) is 0 Å². The van der Waals surface area contributed by atoms with E-state index in [1.165, 1.54) is 0 Å². The van der Waals surface area contributed by atoms with Crippen LogP contribution in [0.4, 0.5) is 0 Å². The number of nitrogens with two attached hydrogens (primary N) is 1. The Morgan fingerprint density at radius 1 is 1.54 bits per heavy atom. The predicted molar refractivity (Wildman–Crippen MR) is 49.1 cm³/mol. The minimum atomic E-state index is -0.562. The van der Waals surface area contributed by atoms with Crippen molar-refractivity contribution >= 4 is 12.3 Å². The van der Waals surface area contributed by atoms with Gasteiger partial charge < -0.3 is 15.3 Å². The number of esters is 1. The summed E-state index contributed by atoms with van der Waals surface area (Å²) < 4.78 is 5.02. The van der Waals surface area contributed by atoms with Crippen LogP contribution in [0.15, 0.2) is 0 Å². The molecule has 76 valence electrons. The summed E-state index contributed by atoms with van der Waals surface area (Å²) in [5, 5.41) is 0. The van der Waals surface area contributed by atoms with Crippen molar-refractivity contribution in [3.8, 4) is 0 Å². The van der Waals surface area contributed by atoms with Gasteiger partial charge in [-0.3, -0.25) is 4.79 Å². The monoisotopic (exact) mass is 187 g/mol. The lowest BCUT2D eigenvalue weighted by molar-refractivity contribution is -0.154. The quantitative estimate of drug-likeness (QED) is 0.518. The Labute approximate surface area is 78.4 Å². The van der Waals surface area contributed by atoms with Crippen LogP contribution < -0.4 is 5.73 Å². The molecule has 0 bridgehead atoms. The summed E-state index contributed by atoms with van der Waals surface area (Å²) in [4.78, 5) is 21.2. The van der Waals surface area contributed by atoms with E-state index in [9.17, 15) is 9.59 Å². The molecule has 0 aliphatic rings. The minimum Gasteiger partial charge on any atom is -0.460 e. The standard InChI is InChI=1S/C9H17NO3/c1-9(2,3)13-8(12)5-4-7(10)6-11/h6-7H,4-5,10H2,1-3H3/t7-/m0/s1. The number of hydrogen-bond acceptors (Lipinski definition) is 4. The molecule has 0 rings (SSSR count). The van der Waals surface area contributed by atoms with Crippen LogP contribution >= 0.6 is 0 Å². The van der Waals surface area contributed by atoms with Crippen molar-refractivity contribution in [2.24, 2.45) is 5.73 Å². The maximum Gasteiger partial charge on any atom is 0.306 e. The van der Waals surface area contributed by atoms with Crippen molar-refractivity contribution in [1.82, 2.24) is 0 Å². The molecule has 13 heavy (non-hydrogen) atoms. The van der Waals surface area contributed by atoms with Crippen LogP contribution in [0.5, 0.6) is 0 Å². The van der Waals surface area contributed by atoms with Gasteiger partial charge in [0.2, 0.25) is 0 Å². The highest BCUT2D eigenvalue weighted by Crippen LogP contribution is 2.09. The molecule has 0 aliphatic heterocycles. The van der Waals surface area contributed by atoms with Gasteiger partial charge in [0.05, 0.1) is 6.04 Å². The van der Waals surface area contributed by atoms with E-state index in [0.717, 1.165) is 0 Å². The van der Waals surface area contributed by atoms with E-state index in [-0.39, 0.29) is 12.4 Å². The molecule has 0 saturated carbocycles. The second-order valence-corrected chi connectivity index (χ2v) is 3.93. The van der Waals surface area contributed by atoms with E-state index in [4.69, 9.17) is 10.5 Å². The smallest absolute Gasteiger partial charge is 0.306 e. The first-order valence-electron chi connectivity index (χ1n) is 4.28. The van der Waals surface area contributed by atoms with Crippen molar-refractivity contribution in [2.45, 2.75) is 45.3 Å². The first-order chi connectivity index (χ1) is 5.85. The molecule has 0 aromatic heterocycles. The Hall–Kier alpha value is -0.900. The molecule has 0 aliphatic carbocycles. The van der Waals surface area contributed by atoms with Crippen molar-refractivity contribution in [1.29, 1.82) is 0 Å². The van der Waals surface area contributed by atoms with Crippen molar-refractivity contribution in [3.63, 3.8) is 0 Å². The Morgan fingerprint density at radius 2 is 2.08 bits per heavy atom. The molecule has 0 fully saturated rings. The third kappa shape index (κ3) is 7.46. The molecule has 0 amide bonds. The van der Waals surface area contributed by atoms with E-state index in [2.05, 4.69) is 0 Å². The lowest BCUT2D eigenvalue weighted by atomic mass is 10.1. The van der Waals surface area contributed by atoms with Gasteiger partial charge in [-0.25, -0.2) is 0 Å². The summed E-state index contributed by atoms with van der Waals surface area (Å²) in [6.45, 7) is 5.39. The lowest BCUT2D eigenvalue weighted by Crippen LogP contribution is -2.27. The highest BCUT2D eigenvalue weighted by molar-refractivity contribution is 5.70. The molecule has 0 unspecified atom stereocenters. The average molecular weight is 187 g/mol. The van der Waals surface area contributed by atoms with Gasteiger partial charge in [-0.15, -0.1) is 0 Å². The zero-order valence-electron chi connectivity index (χ0n) is 8.37. The fraction of sp³-hybridized carbons (Fsp3) is 0.778. The number of carbonyl (C=O) groups is 2. The molecule has 4 nitrogen and oxygen atoms in total. The molecule has 0 heterocycles. The maximum absolute atomic E-state index is 11.1. The van der Waals surface area contributed by atoms with Crippen LogP contribution in [-0.2, 0) is 14.3 Å². The van der Waals surface area contributed by atoms with Crippen LogP contribution in [0, 0.1) is 0 Å². The van der Waals surface area contributed by atoms with Gasteiger partial charge in [-0.1, -0.05) is 0 Å². The summed E-state index contributed by atoms with van der Waals surface area (Å²) in [5.74, 6) is -0.315. The number of aldehydes is 1. The highest BCUT2D eigenvalue weighted by atomic mass is 16.6. The van der Waals surface area contributed by atoms with E-state index in [0.29, 0.717) is 12.7 Å². The molecule has 1 atom stereocenters. The van der Waals surface area contributed by atoms with E-state index >= 15 is 0 Å². The molecule has 0 aromatic rings. The first kappa shape index (κ1) is 12.1. The van der Waals surface area contributed by atoms with Crippen molar-refractivity contribution in [2.75, 3.05) is 0 Å². The largest absolute Gasteiger partial charge is 0.460 e. The second-order valence-electron chi connectivity index (χ2n) is 3.93. The summed E-state index contributed by atoms with van der Waals surface area (Å²) in [6.07, 6.45) is 1.17. The average Bonchev–Trinajstić information content (AvgIpc) is 1.97. The van der Waals surface area contributed by atoms with Crippen LogP contribution in [0.25, 0.3) is 0 Å². The summed E-state index contributed by atoms with van der Waals surface area (Å²) in [5.41, 5.74) is 4.84. The highest BCUT2D eigenvalue weighted by Gasteiger charge is 2.16. The fourth-order valence-corrected chi connectivity index (χ4v) is 0.745. The van der Waals surface area contributed by atoms with Gasteiger partial charge in [-0.05, 0) is 27.2 Å². The molecule has 4 heteroatoms. The zero-order valence-corrected chi connectivity index (χ0v) is 8.37. The van der Waals surface area contributed by atoms with Gasteiger partial charge in [-0.2, -0.15) is 0 Å².